The predicted octanol–water partition coefficient (Wildman–Crippen LogP) is 2.48. The van der Waals surface area contributed by atoms with Crippen LogP contribution in [0.4, 0.5) is 5.69 Å². The summed E-state index contributed by atoms with van der Waals surface area (Å²) < 4.78 is 11.0. The van der Waals surface area contributed by atoms with Gasteiger partial charge in [0.2, 0.25) is 0 Å². The third-order valence-corrected chi connectivity index (χ3v) is 5.23. The van der Waals surface area contributed by atoms with Gasteiger partial charge in [-0.25, -0.2) is 0 Å². The van der Waals surface area contributed by atoms with Crippen molar-refractivity contribution < 1.29 is 24.2 Å². The summed E-state index contributed by atoms with van der Waals surface area (Å²) in [6, 6.07) is 11.1. The third kappa shape index (κ3) is 4.42. The second-order valence-electron chi connectivity index (χ2n) is 5.76. The van der Waals surface area contributed by atoms with Crippen molar-refractivity contribution in [1.82, 2.24) is 0 Å². The van der Waals surface area contributed by atoms with E-state index in [4.69, 9.17) is 28.1 Å². The number of hydrogen-bond acceptors (Lipinski definition) is 7. The Kier molecular flexibility index (Phi) is 6.22. The first-order valence-corrected chi connectivity index (χ1v) is 9.50. The SMILES string of the molecule is C#CCOc1ccc(/C=C2\SC(=S)N(c3cccc(C(=O)[O-])c3)C2=O)cc1OC. The highest BCUT2D eigenvalue weighted by Crippen LogP contribution is 2.37. The summed E-state index contributed by atoms with van der Waals surface area (Å²) in [6.45, 7) is 0.110. The number of aromatic carboxylic acids is 1. The van der Waals surface area contributed by atoms with Crippen LogP contribution in [-0.4, -0.2) is 29.9 Å². The Morgan fingerprint density at radius 1 is 1.31 bits per heavy atom. The molecule has 8 heteroatoms. The lowest BCUT2D eigenvalue weighted by atomic mass is 10.1. The van der Waals surface area contributed by atoms with Crippen LogP contribution in [0.25, 0.3) is 6.08 Å². The third-order valence-electron chi connectivity index (χ3n) is 3.93. The molecule has 1 aliphatic heterocycles. The molecule has 2 aromatic rings. The Bertz CT molecular complexity index is 1070. The van der Waals surface area contributed by atoms with Crippen LogP contribution in [0.5, 0.6) is 11.5 Å². The molecule has 0 radical (unpaired) electrons. The molecule has 1 fully saturated rings. The molecule has 0 spiro atoms. The fourth-order valence-electron chi connectivity index (χ4n) is 2.63. The van der Waals surface area contributed by atoms with E-state index in [0.717, 1.165) is 11.8 Å². The zero-order valence-electron chi connectivity index (χ0n) is 15.2. The van der Waals surface area contributed by atoms with Crippen LogP contribution < -0.4 is 19.5 Å². The Balaban J connectivity index is 1.89. The van der Waals surface area contributed by atoms with Crippen LogP contribution in [0, 0.1) is 12.3 Å². The van der Waals surface area contributed by atoms with E-state index in [-0.39, 0.29) is 18.1 Å². The molecule has 0 N–H and O–H groups in total. The first kappa shape index (κ1) is 20.5. The van der Waals surface area contributed by atoms with Gasteiger partial charge in [0.05, 0.1) is 23.7 Å². The fraction of sp³-hybridized carbons (Fsp3) is 0.0952. The topological polar surface area (TPSA) is 78.9 Å². The Morgan fingerprint density at radius 2 is 2.10 bits per heavy atom. The van der Waals surface area contributed by atoms with Crippen LogP contribution in [-0.2, 0) is 4.79 Å². The van der Waals surface area contributed by atoms with Crippen molar-refractivity contribution >= 4 is 51.9 Å². The van der Waals surface area contributed by atoms with E-state index in [2.05, 4.69) is 5.92 Å². The van der Waals surface area contributed by atoms with Gasteiger partial charge in [0.25, 0.3) is 5.91 Å². The molecule has 146 valence electrons. The van der Waals surface area contributed by atoms with Crippen molar-refractivity contribution in [3.63, 3.8) is 0 Å². The number of carboxylic acid groups (broad SMARTS) is 1. The number of hydrogen-bond donors (Lipinski definition) is 0. The number of amides is 1. The van der Waals surface area contributed by atoms with Crippen molar-refractivity contribution in [3.05, 3.63) is 58.5 Å². The smallest absolute Gasteiger partial charge is 0.270 e. The molecule has 0 unspecified atom stereocenters. The molecule has 1 saturated heterocycles. The van der Waals surface area contributed by atoms with Crippen LogP contribution >= 0.6 is 24.0 Å². The second kappa shape index (κ2) is 8.82. The number of carbonyl (C=O) groups is 2. The summed E-state index contributed by atoms with van der Waals surface area (Å²) in [6.07, 6.45) is 6.88. The zero-order chi connectivity index (χ0) is 21.0. The number of terminal acetylenes is 1. The molecule has 0 bridgehead atoms. The van der Waals surface area contributed by atoms with Gasteiger partial charge in [-0.15, -0.1) is 6.42 Å². The van der Waals surface area contributed by atoms with E-state index in [9.17, 15) is 14.7 Å². The lowest BCUT2D eigenvalue weighted by Gasteiger charge is -2.15. The molecule has 0 saturated carbocycles. The van der Waals surface area contributed by atoms with Gasteiger partial charge < -0.3 is 19.4 Å². The van der Waals surface area contributed by atoms with Crippen molar-refractivity contribution in [2.24, 2.45) is 0 Å². The van der Waals surface area contributed by atoms with Gasteiger partial charge in [0.15, 0.2) is 15.8 Å². The molecular weight excluding hydrogens is 410 g/mol. The summed E-state index contributed by atoms with van der Waals surface area (Å²) in [7, 11) is 1.51. The summed E-state index contributed by atoms with van der Waals surface area (Å²) in [4.78, 5) is 25.7. The normalized spacial score (nSPS) is 14.8. The number of anilines is 1. The average molecular weight is 424 g/mol. The number of methoxy groups -OCH3 is 1. The summed E-state index contributed by atoms with van der Waals surface area (Å²) in [5.74, 6) is 1.69. The van der Waals surface area contributed by atoms with Gasteiger partial charge in [-0.2, -0.15) is 0 Å². The lowest BCUT2D eigenvalue weighted by molar-refractivity contribution is -0.255. The molecule has 6 nitrogen and oxygen atoms in total. The van der Waals surface area contributed by atoms with Gasteiger partial charge >= 0.3 is 0 Å². The van der Waals surface area contributed by atoms with Crippen molar-refractivity contribution in [3.8, 4) is 23.8 Å². The number of carbonyl (C=O) groups excluding carboxylic acids is 2. The van der Waals surface area contributed by atoms with Crippen LogP contribution in [0.2, 0.25) is 0 Å². The first-order chi connectivity index (χ1) is 13.9. The predicted molar refractivity (Wildman–Crippen MR) is 114 cm³/mol. The molecule has 1 amide bonds. The van der Waals surface area contributed by atoms with E-state index in [1.807, 2.05) is 0 Å². The van der Waals surface area contributed by atoms with Crippen LogP contribution in [0.15, 0.2) is 47.4 Å². The van der Waals surface area contributed by atoms with Crippen molar-refractivity contribution in [2.45, 2.75) is 0 Å². The Morgan fingerprint density at radius 3 is 2.79 bits per heavy atom. The summed E-state index contributed by atoms with van der Waals surface area (Å²) in [5.41, 5.74) is 1.04. The largest absolute Gasteiger partial charge is 0.545 e. The Hall–Kier alpha value is -3.28. The maximum absolute atomic E-state index is 12.9. The van der Waals surface area contributed by atoms with Crippen LogP contribution in [0.1, 0.15) is 15.9 Å². The van der Waals surface area contributed by atoms with Gasteiger partial charge in [-0.05, 0) is 41.5 Å². The van der Waals surface area contributed by atoms with Crippen molar-refractivity contribution in [2.75, 3.05) is 18.6 Å². The van der Waals surface area contributed by atoms with E-state index in [1.54, 1.807) is 30.3 Å². The minimum atomic E-state index is -1.33. The molecule has 0 atom stereocenters. The molecule has 1 aliphatic rings. The maximum Gasteiger partial charge on any atom is 0.270 e. The number of thiocarbonyl (C=S) groups is 1. The minimum absolute atomic E-state index is 0.0344. The molecule has 3 rings (SSSR count). The lowest BCUT2D eigenvalue weighted by Crippen LogP contribution is -2.28. The van der Waals surface area contributed by atoms with Crippen LogP contribution in [0.3, 0.4) is 0 Å². The fourth-order valence-corrected chi connectivity index (χ4v) is 3.93. The number of thioether (sulfide) groups is 1. The van der Waals surface area contributed by atoms with E-state index < -0.39 is 5.97 Å². The highest BCUT2D eigenvalue weighted by atomic mass is 32.2. The van der Waals surface area contributed by atoms with Gasteiger partial charge in [0.1, 0.15) is 6.61 Å². The summed E-state index contributed by atoms with van der Waals surface area (Å²) in [5, 5.41) is 11.1. The zero-order valence-corrected chi connectivity index (χ0v) is 16.8. The second-order valence-corrected chi connectivity index (χ2v) is 7.43. The van der Waals surface area contributed by atoms with Gasteiger partial charge in [-0.3, -0.25) is 9.69 Å². The molecule has 1 heterocycles. The highest BCUT2D eigenvalue weighted by Gasteiger charge is 2.33. The molecule has 0 aromatic heterocycles. The quantitative estimate of drug-likeness (QED) is 0.400. The monoisotopic (exact) mass is 424 g/mol. The van der Waals surface area contributed by atoms with E-state index in [0.29, 0.717) is 32.0 Å². The van der Waals surface area contributed by atoms with E-state index >= 15 is 0 Å². The average Bonchev–Trinajstić information content (AvgIpc) is 2.99. The van der Waals surface area contributed by atoms with Crippen molar-refractivity contribution in [1.29, 1.82) is 0 Å². The van der Waals surface area contributed by atoms with Gasteiger partial charge in [-0.1, -0.05) is 48.1 Å². The maximum atomic E-state index is 12.9. The summed E-state index contributed by atoms with van der Waals surface area (Å²) >= 11 is 6.44. The van der Waals surface area contributed by atoms with E-state index in [1.165, 1.54) is 30.2 Å². The molecule has 29 heavy (non-hydrogen) atoms. The standard InChI is InChI=1S/C21H15NO5S2/c1-3-9-27-16-8-7-13(10-17(16)26-2)11-18-19(23)22(21(28)29-18)15-6-4-5-14(12-15)20(24)25/h1,4-8,10-12H,9H2,2H3,(H,24,25)/p-1/b18-11-. The minimum Gasteiger partial charge on any atom is -0.545 e. The highest BCUT2D eigenvalue weighted by molar-refractivity contribution is 8.27. The molecule has 2 aromatic carbocycles. The number of ether oxygens (including phenoxy) is 2. The van der Waals surface area contributed by atoms with Gasteiger partial charge in [0, 0.05) is 0 Å². The number of nitrogens with zero attached hydrogens (tertiary/aromatic N) is 1. The number of benzene rings is 2. The number of carboxylic acids is 1. The molecular formula is C21H14NO5S2-. The first-order valence-electron chi connectivity index (χ1n) is 8.28. The Labute approximate surface area is 177 Å². The number of rotatable bonds is 6. The molecule has 0 aliphatic carbocycles.